The third-order valence-electron chi connectivity index (χ3n) is 4.25. The van der Waals surface area contributed by atoms with E-state index in [-0.39, 0.29) is 5.41 Å². The smallest absolute Gasteiger partial charge is 0.0320 e. The Hall–Kier alpha value is -0.820. The van der Waals surface area contributed by atoms with E-state index in [2.05, 4.69) is 71.2 Å². The van der Waals surface area contributed by atoms with E-state index >= 15 is 0 Å². The van der Waals surface area contributed by atoms with Crippen molar-refractivity contribution in [3.05, 3.63) is 35.4 Å². The average Bonchev–Trinajstić information content (AvgIpc) is 2.39. The summed E-state index contributed by atoms with van der Waals surface area (Å²) in [7, 11) is 2.07. The Labute approximate surface area is 119 Å². The molecule has 1 heteroatoms. The van der Waals surface area contributed by atoms with Crippen molar-refractivity contribution in [1.29, 1.82) is 0 Å². The van der Waals surface area contributed by atoms with Gasteiger partial charge in [0, 0.05) is 6.04 Å². The Kier molecular flexibility index (Phi) is 6.06. The van der Waals surface area contributed by atoms with Gasteiger partial charge >= 0.3 is 0 Å². The highest BCUT2D eigenvalue weighted by atomic mass is 14.9. The maximum Gasteiger partial charge on any atom is 0.0320 e. The largest absolute Gasteiger partial charge is 0.313 e. The molecule has 0 heterocycles. The van der Waals surface area contributed by atoms with Gasteiger partial charge in [0.2, 0.25) is 0 Å². The minimum absolute atomic E-state index is 0.239. The van der Waals surface area contributed by atoms with E-state index < -0.39 is 0 Å². The fraction of sp³-hybridized carbons (Fsp3) is 0.667. The van der Waals surface area contributed by atoms with Crippen LogP contribution in [0.4, 0.5) is 0 Å². The number of hydrogen-bond donors (Lipinski definition) is 1. The summed E-state index contributed by atoms with van der Waals surface area (Å²) in [4.78, 5) is 0. The number of rotatable bonds is 6. The molecule has 0 fully saturated rings. The first-order valence-corrected chi connectivity index (χ1v) is 7.70. The summed E-state index contributed by atoms with van der Waals surface area (Å²) < 4.78 is 0. The van der Waals surface area contributed by atoms with Gasteiger partial charge in [0.15, 0.2) is 0 Å². The molecule has 1 aromatic rings. The molecule has 0 saturated carbocycles. The van der Waals surface area contributed by atoms with Crippen molar-refractivity contribution in [2.75, 3.05) is 7.05 Å². The molecule has 0 spiro atoms. The summed E-state index contributed by atoms with van der Waals surface area (Å²) >= 11 is 0. The fourth-order valence-corrected chi connectivity index (χ4v) is 2.59. The molecule has 0 aliphatic rings. The third-order valence-corrected chi connectivity index (χ3v) is 4.25. The van der Waals surface area contributed by atoms with E-state index in [1.807, 2.05) is 0 Å². The van der Waals surface area contributed by atoms with Crippen molar-refractivity contribution in [2.45, 2.75) is 65.3 Å². The van der Waals surface area contributed by atoms with Crippen LogP contribution in [0.25, 0.3) is 0 Å². The third kappa shape index (κ3) is 4.65. The Balaban J connectivity index is 2.82. The summed E-state index contributed by atoms with van der Waals surface area (Å²) in [6, 6.07) is 9.65. The molecule has 19 heavy (non-hydrogen) atoms. The first-order valence-electron chi connectivity index (χ1n) is 7.70. The zero-order valence-corrected chi connectivity index (χ0v) is 13.6. The zero-order chi connectivity index (χ0) is 14.5. The monoisotopic (exact) mass is 261 g/mol. The quantitative estimate of drug-likeness (QED) is 0.753. The molecule has 0 saturated heterocycles. The lowest BCUT2D eigenvalue weighted by Crippen LogP contribution is -2.20. The molecule has 1 nitrogen and oxygen atoms in total. The second kappa shape index (κ2) is 7.09. The molecule has 0 bridgehead atoms. The van der Waals surface area contributed by atoms with Gasteiger partial charge in [-0.1, -0.05) is 71.7 Å². The van der Waals surface area contributed by atoms with Gasteiger partial charge in [-0.05, 0) is 35.9 Å². The van der Waals surface area contributed by atoms with Gasteiger partial charge in [-0.3, -0.25) is 0 Å². The summed E-state index contributed by atoms with van der Waals surface area (Å²) in [5, 5.41) is 3.48. The van der Waals surface area contributed by atoms with Gasteiger partial charge < -0.3 is 5.32 Å². The summed E-state index contributed by atoms with van der Waals surface area (Å²) in [6.45, 7) is 11.4. The van der Waals surface area contributed by atoms with Crippen LogP contribution >= 0.6 is 0 Å². The highest BCUT2D eigenvalue weighted by Crippen LogP contribution is 2.28. The van der Waals surface area contributed by atoms with Crippen molar-refractivity contribution >= 4 is 0 Å². The molecule has 0 amide bonds. The maximum atomic E-state index is 3.48. The van der Waals surface area contributed by atoms with Gasteiger partial charge in [0.25, 0.3) is 0 Å². The van der Waals surface area contributed by atoms with Gasteiger partial charge in [0.05, 0.1) is 0 Å². The van der Waals surface area contributed by atoms with Crippen molar-refractivity contribution in [3.8, 4) is 0 Å². The van der Waals surface area contributed by atoms with Crippen LogP contribution < -0.4 is 5.32 Å². The Morgan fingerprint density at radius 3 is 1.89 bits per heavy atom. The molecule has 1 aromatic carbocycles. The van der Waals surface area contributed by atoms with Crippen LogP contribution in [0.2, 0.25) is 0 Å². The van der Waals surface area contributed by atoms with E-state index in [1.54, 1.807) is 0 Å². The molecule has 1 unspecified atom stereocenters. The van der Waals surface area contributed by atoms with Crippen LogP contribution in [0.3, 0.4) is 0 Å². The van der Waals surface area contributed by atoms with Crippen molar-refractivity contribution < 1.29 is 0 Å². The number of nitrogens with one attached hydrogen (secondary N) is 1. The van der Waals surface area contributed by atoms with Crippen LogP contribution in [0.1, 0.15) is 71.0 Å². The van der Waals surface area contributed by atoms with Crippen molar-refractivity contribution in [2.24, 2.45) is 5.92 Å². The summed E-state index contributed by atoms with van der Waals surface area (Å²) in [6.07, 6.45) is 3.78. The van der Waals surface area contributed by atoms with E-state index in [0.29, 0.717) is 6.04 Å². The van der Waals surface area contributed by atoms with E-state index in [4.69, 9.17) is 0 Å². The molecule has 108 valence electrons. The molecule has 0 aliphatic carbocycles. The Bertz CT molecular complexity index is 354. The minimum Gasteiger partial charge on any atom is -0.313 e. The van der Waals surface area contributed by atoms with Crippen molar-refractivity contribution in [1.82, 2.24) is 5.32 Å². The van der Waals surface area contributed by atoms with E-state index in [0.717, 1.165) is 5.92 Å². The van der Waals surface area contributed by atoms with Crippen LogP contribution in [0.15, 0.2) is 24.3 Å². The highest BCUT2D eigenvalue weighted by molar-refractivity contribution is 5.29. The number of hydrogen-bond acceptors (Lipinski definition) is 1. The molecule has 0 radical (unpaired) electrons. The van der Waals surface area contributed by atoms with E-state index in [9.17, 15) is 0 Å². The fourth-order valence-electron chi connectivity index (χ4n) is 2.59. The average molecular weight is 261 g/mol. The molecule has 1 N–H and O–H groups in total. The van der Waals surface area contributed by atoms with E-state index in [1.165, 1.54) is 30.4 Å². The van der Waals surface area contributed by atoms with Gasteiger partial charge in [-0.25, -0.2) is 0 Å². The predicted octanol–water partition coefficient (Wildman–Crippen LogP) is 5.07. The minimum atomic E-state index is 0.239. The topological polar surface area (TPSA) is 12.0 Å². The first-order chi connectivity index (χ1) is 8.92. The lowest BCUT2D eigenvalue weighted by molar-refractivity contribution is 0.385. The normalized spacial score (nSPS) is 13.8. The van der Waals surface area contributed by atoms with Gasteiger partial charge in [-0.15, -0.1) is 0 Å². The molecule has 0 aliphatic heterocycles. The predicted molar refractivity (Wildman–Crippen MR) is 85.6 cm³/mol. The highest BCUT2D eigenvalue weighted by Gasteiger charge is 2.17. The first kappa shape index (κ1) is 16.2. The summed E-state index contributed by atoms with van der Waals surface area (Å²) in [5.74, 6) is 0.819. The SMILES string of the molecule is CCC(CC)CC(NC)c1ccc(C(C)(C)C)cc1. The Morgan fingerprint density at radius 1 is 1.00 bits per heavy atom. The second-order valence-electron chi connectivity index (χ2n) is 6.63. The standard InChI is InChI=1S/C18H31N/c1-7-14(8-2)13-17(19-6)15-9-11-16(12-10-15)18(3,4)5/h9-12,14,17,19H,7-8,13H2,1-6H3. The Morgan fingerprint density at radius 2 is 1.53 bits per heavy atom. The second-order valence-corrected chi connectivity index (χ2v) is 6.63. The maximum absolute atomic E-state index is 3.48. The molecular formula is C18H31N. The van der Waals surface area contributed by atoms with Gasteiger partial charge in [0.1, 0.15) is 0 Å². The summed E-state index contributed by atoms with van der Waals surface area (Å²) in [5.41, 5.74) is 3.07. The van der Waals surface area contributed by atoms with Crippen LogP contribution in [0.5, 0.6) is 0 Å². The molecule has 1 atom stereocenters. The van der Waals surface area contributed by atoms with Crippen LogP contribution in [0, 0.1) is 5.92 Å². The lowest BCUT2D eigenvalue weighted by Gasteiger charge is -2.24. The lowest BCUT2D eigenvalue weighted by atomic mass is 9.85. The molecule has 1 rings (SSSR count). The van der Waals surface area contributed by atoms with Gasteiger partial charge in [-0.2, -0.15) is 0 Å². The number of benzene rings is 1. The molecular weight excluding hydrogens is 230 g/mol. The van der Waals surface area contributed by atoms with Crippen LogP contribution in [-0.4, -0.2) is 7.05 Å². The zero-order valence-electron chi connectivity index (χ0n) is 13.6. The van der Waals surface area contributed by atoms with Crippen LogP contribution in [-0.2, 0) is 5.41 Å². The molecule has 0 aromatic heterocycles. The van der Waals surface area contributed by atoms with Crippen molar-refractivity contribution in [3.63, 3.8) is 0 Å².